The summed E-state index contributed by atoms with van der Waals surface area (Å²) in [7, 11) is 0. The topological polar surface area (TPSA) is 88.2 Å². The molecule has 2 aromatic heterocycles. The maximum atomic E-state index is 11.4. The number of aromatic carboxylic acids is 1. The summed E-state index contributed by atoms with van der Waals surface area (Å²) < 4.78 is 5.09. The van der Waals surface area contributed by atoms with Crippen LogP contribution in [0.2, 0.25) is 0 Å². The lowest BCUT2D eigenvalue weighted by atomic mass is 10.1. The van der Waals surface area contributed by atoms with Crippen molar-refractivity contribution in [3.63, 3.8) is 0 Å². The number of aryl methyl sites for hydroxylation is 1. The fraction of sp³-hybridized carbons (Fsp3) is 0.133. The average molecular weight is 283 g/mol. The molecule has 6 heteroatoms. The summed E-state index contributed by atoms with van der Waals surface area (Å²) in [4.78, 5) is 15.8. The zero-order valence-corrected chi connectivity index (χ0v) is 11.3. The second-order valence-corrected chi connectivity index (χ2v) is 4.67. The summed E-state index contributed by atoms with van der Waals surface area (Å²) >= 11 is 0. The zero-order chi connectivity index (χ0) is 14.8. The number of rotatable bonds is 4. The van der Waals surface area contributed by atoms with Crippen LogP contribution in [0.1, 0.15) is 21.8 Å². The van der Waals surface area contributed by atoms with E-state index in [2.05, 4.69) is 15.5 Å². The van der Waals surface area contributed by atoms with Crippen molar-refractivity contribution < 1.29 is 14.4 Å². The average Bonchev–Trinajstić information content (AvgIpc) is 2.89. The van der Waals surface area contributed by atoms with Crippen LogP contribution < -0.4 is 5.32 Å². The molecule has 0 aliphatic heterocycles. The fourth-order valence-corrected chi connectivity index (χ4v) is 2.12. The van der Waals surface area contributed by atoms with Crippen molar-refractivity contribution in [1.82, 2.24) is 10.1 Å². The number of anilines is 1. The number of hydrogen-bond donors (Lipinski definition) is 2. The van der Waals surface area contributed by atoms with Gasteiger partial charge in [-0.2, -0.15) is 0 Å². The number of para-hydroxylation sites is 1. The van der Waals surface area contributed by atoms with E-state index in [-0.39, 0.29) is 5.56 Å². The van der Waals surface area contributed by atoms with E-state index in [1.165, 1.54) is 6.07 Å². The standard InChI is InChI=1S/C15H13N3O3/c1-9-6-10(21-18-9)8-16-14-7-12(15(19)20)11-4-2-3-5-13(11)17-14/h2-7H,8H2,1H3,(H,16,17)(H,19,20). The summed E-state index contributed by atoms with van der Waals surface area (Å²) in [5.41, 5.74) is 1.65. The highest BCUT2D eigenvalue weighted by Gasteiger charge is 2.11. The van der Waals surface area contributed by atoms with Crippen LogP contribution in [-0.2, 0) is 6.54 Å². The van der Waals surface area contributed by atoms with E-state index in [9.17, 15) is 9.90 Å². The molecule has 6 nitrogen and oxygen atoms in total. The summed E-state index contributed by atoms with van der Waals surface area (Å²) in [5.74, 6) is 0.173. The van der Waals surface area contributed by atoms with Gasteiger partial charge in [0, 0.05) is 11.5 Å². The lowest BCUT2D eigenvalue weighted by molar-refractivity contribution is 0.0699. The molecule has 0 atom stereocenters. The number of nitrogens with one attached hydrogen (secondary N) is 1. The van der Waals surface area contributed by atoms with Crippen LogP contribution >= 0.6 is 0 Å². The quantitative estimate of drug-likeness (QED) is 0.765. The first-order valence-corrected chi connectivity index (χ1v) is 6.42. The Bertz CT molecular complexity index is 811. The molecule has 1 aromatic carbocycles. The molecule has 2 N–H and O–H groups in total. The number of carboxylic acid groups (broad SMARTS) is 1. The Kier molecular flexibility index (Phi) is 3.27. The molecular weight excluding hydrogens is 270 g/mol. The first-order valence-electron chi connectivity index (χ1n) is 6.42. The number of carboxylic acids is 1. The van der Waals surface area contributed by atoms with E-state index >= 15 is 0 Å². The molecule has 0 amide bonds. The molecule has 3 aromatic rings. The van der Waals surface area contributed by atoms with Gasteiger partial charge >= 0.3 is 5.97 Å². The van der Waals surface area contributed by atoms with Crippen molar-refractivity contribution in [2.75, 3.05) is 5.32 Å². The molecule has 0 unspecified atom stereocenters. The molecule has 0 saturated carbocycles. The molecule has 0 radical (unpaired) electrons. The minimum atomic E-state index is -0.979. The van der Waals surface area contributed by atoms with Gasteiger partial charge in [-0.3, -0.25) is 0 Å². The number of benzene rings is 1. The maximum absolute atomic E-state index is 11.4. The third kappa shape index (κ3) is 2.69. The molecule has 0 fully saturated rings. The van der Waals surface area contributed by atoms with Gasteiger partial charge in [0.05, 0.1) is 23.3 Å². The second-order valence-electron chi connectivity index (χ2n) is 4.67. The lowest BCUT2D eigenvalue weighted by Crippen LogP contribution is -2.05. The summed E-state index contributed by atoms with van der Waals surface area (Å²) in [6, 6.07) is 10.5. The van der Waals surface area contributed by atoms with Crippen LogP contribution in [-0.4, -0.2) is 21.2 Å². The van der Waals surface area contributed by atoms with Crippen molar-refractivity contribution in [3.8, 4) is 0 Å². The van der Waals surface area contributed by atoms with Gasteiger partial charge in [-0.05, 0) is 19.1 Å². The van der Waals surface area contributed by atoms with E-state index < -0.39 is 5.97 Å². The predicted molar refractivity (Wildman–Crippen MR) is 77.3 cm³/mol. The number of pyridine rings is 1. The van der Waals surface area contributed by atoms with Gasteiger partial charge in [0.15, 0.2) is 5.76 Å². The van der Waals surface area contributed by atoms with Crippen LogP contribution in [0.4, 0.5) is 5.82 Å². The van der Waals surface area contributed by atoms with Gasteiger partial charge in [-0.1, -0.05) is 23.4 Å². The van der Waals surface area contributed by atoms with Gasteiger partial charge in [0.2, 0.25) is 0 Å². The molecule has 0 aliphatic rings. The Morgan fingerprint density at radius 3 is 2.86 bits per heavy atom. The molecule has 0 spiro atoms. The SMILES string of the molecule is Cc1cc(CNc2cc(C(=O)O)c3ccccc3n2)on1. The number of hydrogen-bond acceptors (Lipinski definition) is 5. The van der Waals surface area contributed by atoms with E-state index in [0.29, 0.717) is 29.0 Å². The Hall–Kier alpha value is -2.89. The van der Waals surface area contributed by atoms with E-state index in [1.807, 2.05) is 19.1 Å². The van der Waals surface area contributed by atoms with Crippen LogP contribution in [0, 0.1) is 6.92 Å². The van der Waals surface area contributed by atoms with Crippen LogP contribution in [0.15, 0.2) is 40.9 Å². The van der Waals surface area contributed by atoms with Gasteiger partial charge < -0.3 is 14.9 Å². The Morgan fingerprint density at radius 2 is 2.14 bits per heavy atom. The van der Waals surface area contributed by atoms with Crippen molar-refractivity contribution in [2.45, 2.75) is 13.5 Å². The molecule has 0 bridgehead atoms. The maximum Gasteiger partial charge on any atom is 0.336 e. The van der Waals surface area contributed by atoms with E-state index in [0.717, 1.165) is 5.69 Å². The van der Waals surface area contributed by atoms with Crippen molar-refractivity contribution in [3.05, 3.63) is 53.4 Å². The van der Waals surface area contributed by atoms with Crippen LogP contribution in [0.5, 0.6) is 0 Å². The summed E-state index contributed by atoms with van der Waals surface area (Å²) in [6.45, 7) is 2.23. The molecule has 0 saturated heterocycles. The minimum absolute atomic E-state index is 0.219. The van der Waals surface area contributed by atoms with Crippen molar-refractivity contribution >= 4 is 22.7 Å². The highest BCUT2D eigenvalue weighted by molar-refractivity contribution is 6.03. The minimum Gasteiger partial charge on any atom is -0.478 e. The van der Waals surface area contributed by atoms with Crippen molar-refractivity contribution in [2.24, 2.45) is 0 Å². The first kappa shape index (κ1) is 13.1. The van der Waals surface area contributed by atoms with Crippen LogP contribution in [0.3, 0.4) is 0 Å². The van der Waals surface area contributed by atoms with Crippen LogP contribution in [0.25, 0.3) is 10.9 Å². The largest absolute Gasteiger partial charge is 0.478 e. The first-order chi connectivity index (χ1) is 10.1. The smallest absolute Gasteiger partial charge is 0.336 e. The normalized spacial score (nSPS) is 10.7. The number of carbonyl (C=O) groups is 1. The number of fused-ring (bicyclic) bond motifs is 1. The third-order valence-electron chi connectivity index (χ3n) is 3.07. The predicted octanol–water partition coefficient (Wildman–Crippen LogP) is 2.84. The lowest BCUT2D eigenvalue weighted by Gasteiger charge is -2.07. The molecule has 106 valence electrons. The molecule has 2 heterocycles. The van der Waals surface area contributed by atoms with Gasteiger partial charge in [0.25, 0.3) is 0 Å². The molecular formula is C15H13N3O3. The summed E-state index contributed by atoms with van der Waals surface area (Å²) in [5, 5.41) is 16.8. The Balaban J connectivity index is 1.93. The fourth-order valence-electron chi connectivity index (χ4n) is 2.12. The third-order valence-corrected chi connectivity index (χ3v) is 3.07. The highest BCUT2D eigenvalue weighted by atomic mass is 16.5. The molecule has 3 rings (SSSR count). The number of nitrogens with zero attached hydrogens (tertiary/aromatic N) is 2. The monoisotopic (exact) mass is 283 g/mol. The summed E-state index contributed by atoms with van der Waals surface area (Å²) in [6.07, 6.45) is 0. The Morgan fingerprint density at radius 1 is 1.33 bits per heavy atom. The van der Waals surface area contributed by atoms with E-state index in [4.69, 9.17) is 4.52 Å². The van der Waals surface area contributed by atoms with Gasteiger partial charge in [-0.15, -0.1) is 0 Å². The van der Waals surface area contributed by atoms with Gasteiger partial charge in [0.1, 0.15) is 5.82 Å². The Labute approximate surface area is 120 Å². The molecule has 21 heavy (non-hydrogen) atoms. The second kappa shape index (κ2) is 5.24. The zero-order valence-electron chi connectivity index (χ0n) is 11.3. The van der Waals surface area contributed by atoms with Crippen molar-refractivity contribution in [1.29, 1.82) is 0 Å². The number of aromatic nitrogens is 2. The molecule has 0 aliphatic carbocycles. The highest BCUT2D eigenvalue weighted by Crippen LogP contribution is 2.21. The van der Waals surface area contributed by atoms with E-state index in [1.54, 1.807) is 18.2 Å². The van der Waals surface area contributed by atoms with Gasteiger partial charge in [-0.25, -0.2) is 9.78 Å².